The summed E-state index contributed by atoms with van der Waals surface area (Å²) in [5.41, 5.74) is 2.29. The van der Waals surface area contributed by atoms with Gasteiger partial charge in [-0.2, -0.15) is 0 Å². The molecule has 1 aromatic heterocycles. The van der Waals surface area contributed by atoms with Crippen LogP contribution in [0.5, 0.6) is 0 Å². The molecule has 3 nitrogen and oxygen atoms in total. The van der Waals surface area contributed by atoms with Gasteiger partial charge >= 0.3 is 0 Å². The second-order valence-corrected chi connectivity index (χ2v) is 3.71. The molecular weight excluding hydrogens is 217 g/mol. The molecule has 0 spiro atoms. The average molecular weight is 231 g/mol. The molecule has 2 aromatic rings. The standard InChI is InChI=1S/C13H14FN3/c1-2-15-6-11-4-3-10(5-13(11)14)12-7-16-9-17-8-12/h3-5,7-9,15H,2,6H2,1H3. The maximum Gasteiger partial charge on any atom is 0.128 e. The van der Waals surface area contributed by atoms with Crippen molar-refractivity contribution in [1.29, 1.82) is 0 Å². The van der Waals surface area contributed by atoms with E-state index in [1.165, 1.54) is 12.4 Å². The van der Waals surface area contributed by atoms with E-state index in [0.717, 1.165) is 17.7 Å². The Hall–Kier alpha value is -1.81. The Morgan fingerprint density at radius 1 is 1.18 bits per heavy atom. The normalized spacial score (nSPS) is 10.5. The number of hydrogen-bond donors (Lipinski definition) is 1. The molecule has 4 heteroatoms. The van der Waals surface area contributed by atoms with Gasteiger partial charge in [0.15, 0.2) is 0 Å². The fourth-order valence-corrected chi connectivity index (χ4v) is 1.58. The Labute approximate surface area is 99.7 Å². The quantitative estimate of drug-likeness (QED) is 0.878. The monoisotopic (exact) mass is 231 g/mol. The first-order valence-corrected chi connectivity index (χ1v) is 5.55. The predicted molar refractivity (Wildman–Crippen MR) is 64.8 cm³/mol. The summed E-state index contributed by atoms with van der Waals surface area (Å²) < 4.78 is 13.8. The summed E-state index contributed by atoms with van der Waals surface area (Å²) in [7, 11) is 0. The molecule has 2 rings (SSSR count). The number of nitrogens with zero attached hydrogens (tertiary/aromatic N) is 2. The van der Waals surface area contributed by atoms with E-state index >= 15 is 0 Å². The van der Waals surface area contributed by atoms with Gasteiger partial charge in [-0.25, -0.2) is 14.4 Å². The molecule has 0 atom stereocenters. The molecule has 17 heavy (non-hydrogen) atoms. The van der Waals surface area contributed by atoms with E-state index in [1.54, 1.807) is 18.5 Å². The Morgan fingerprint density at radius 3 is 2.59 bits per heavy atom. The molecule has 0 fully saturated rings. The molecule has 0 amide bonds. The molecule has 1 N–H and O–H groups in total. The Bertz CT molecular complexity index is 485. The minimum Gasteiger partial charge on any atom is -0.313 e. The molecule has 0 aliphatic rings. The molecule has 88 valence electrons. The largest absolute Gasteiger partial charge is 0.313 e. The van der Waals surface area contributed by atoms with Crippen LogP contribution >= 0.6 is 0 Å². The summed E-state index contributed by atoms with van der Waals surface area (Å²) in [6.45, 7) is 3.37. The Balaban J connectivity index is 2.25. The number of aromatic nitrogens is 2. The third-order valence-electron chi connectivity index (χ3n) is 2.51. The van der Waals surface area contributed by atoms with Gasteiger partial charge in [-0.05, 0) is 18.2 Å². The highest BCUT2D eigenvalue weighted by molar-refractivity contribution is 5.61. The summed E-state index contributed by atoms with van der Waals surface area (Å²) >= 11 is 0. The van der Waals surface area contributed by atoms with Crippen molar-refractivity contribution < 1.29 is 4.39 Å². The molecule has 0 aliphatic carbocycles. The van der Waals surface area contributed by atoms with Crippen molar-refractivity contribution >= 4 is 0 Å². The first-order valence-electron chi connectivity index (χ1n) is 5.55. The van der Waals surface area contributed by atoms with Crippen LogP contribution < -0.4 is 5.32 Å². The molecule has 0 radical (unpaired) electrons. The lowest BCUT2D eigenvalue weighted by atomic mass is 10.1. The van der Waals surface area contributed by atoms with Crippen molar-refractivity contribution in [1.82, 2.24) is 15.3 Å². The zero-order valence-electron chi connectivity index (χ0n) is 9.65. The van der Waals surface area contributed by atoms with Gasteiger partial charge in [-0.1, -0.05) is 19.1 Å². The van der Waals surface area contributed by atoms with E-state index in [0.29, 0.717) is 12.1 Å². The lowest BCUT2D eigenvalue weighted by molar-refractivity contribution is 0.594. The smallest absolute Gasteiger partial charge is 0.128 e. The second kappa shape index (κ2) is 5.50. The van der Waals surface area contributed by atoms with Crippen LogP contribution in [0.2, 0.25) is 0 Å². The summed E-state index contributed by atoms with van der Waals surface area (Å²) in [6.07, 6.45) is 4.80. The van der Waals surface area contributed by atoms with Crippen LogP contribution in [0.1, 0.15) is 12.5 Å². The van der Waals surface area contributed by atoms with Gasteiger partial charge in [0.2, 0.25) is 0 Å². The highest BCUT2D eigenvalue weighted by Gasteiger charge is 2.04. The van der Waals surface area contributed by atoms with E-state index in [-0.39, 0.29) is 5.82 Å². The zero-order chi connectivity index (χ0) is 12.1. The lowest BCUT2D eigenvalue weighted by Gasteiger charge is -2.06. The fraction of sp³-hybridized carbons (Fsp3) is 0.231. The molecular formula is C13H14FN3. The molecule has 0 saturated carbocycles. The summed E-state index contributed by atoms with van der Waals surface area (Å²) in [5.74, 6) is -0.202. The van der Waals surface area contributed by atoms with E-state index in [1.807, 2.05) is 13.0 Å². The highest BCUT2D eigenvalue weighted by Crippen LogP contribution is 2.20. The van der Waals surface area contributed by atoms with Gasteiger partial charge in [-0.15, -0.1) is 0 Å². The topological polar surface area (TPSA) is 37.8 Å². The van der Waals surface area contributed by atoms with Crippen molar-refractivity contribution in [3.05, 3.63) is 48.3 Å². The van der Waals surface area contributed by atoms with E-state index in [2.05, 4.69) is 15.3 Å². The van der Waals surface area contributed by atoms with Crippen molar-refractivity contribution in [3.8, 4) is 11.1 Å². The van der Waals surface area contributed by atoms with Crippen molar-refractivity contribution in [3.63, 3.8) is 0 Å². The van der Waals surface area contributed by atoms with Gasteiger partial charge in [0, 0.05) is 30.1 Å². The van der Waals surface area contributed by atoms with E-state index in [4.69, 9.17) is 0 Å². The maximum atomic E-state index is 13.8. The molecule has 0 unspecified atom stereocenters. The maximum absolute atomic E-state index is 13.8. The number of rotatable bonds is 4. The van der Waals surface area contributed by atoms with Crippen LogP contribution in [0.4, 0.5) is 4.39 Å². The number of benzene rings is 1. The fourth-order valence-electron chi connectivity index (χ4n) is 1.58. The van der Waals surface area contributed by atoms with Crippen LogP contribution in [-0.4, -0.2) is 16.5 Å². The average Bonchev–Trinajstić information content (AvgIpc) is 2.38. The zero-order valence-corrected chi connectivity index (χ0v) is 9.65. The third-order valence-corrected chi connectivity index (χ3v) is 2.51. The highest BCUT2D eigenvalue weighted by atomic mass is 19.1. The van der Waals surface area contributed by atoms with Gasteiger partial charge in [0.1, 0.15) is 12.1 Å². The van der Waals surface area contributed by atoms with Crippen LogP contribution in [0.3, 0.4) is 0 Å². The Morgan fingerprint density at radius 2 is 1.94 bits per heavy atom. The molecule has 0 saturated heterocycles. The van der Waals surface area contributed by atoms with Crippen molar-refractivity contribution in [2.24, 2.45) is 0 Å². The predicted octanol–water partition coefficient (Wildman–Crippen LogP) is 2.39. The minimum absolute atomic E-state index is 0.202. The molecule has 1 aromatic carbocycles. The van der Waals surface area contributed by atoms with Crippen LogP contribution in [-0.2, 0) is 6.54 Å². The van der Waals surface area contributed by atoms with E-state index < -0.39 is 0 Å². The van der Waals surface area contributed by atoms with Crippen molar-refractivity contribution in [2.45, 2.75) is 13.5 Å². The third kappa shape index (κ3) is 2.85. The SMILES string of the molecule is CCNCc1ccc(-c2cncnc2)cc1F. The van der Waals surface area contributed by atoms with E-state index in [9.17, 15) is 4.39 Å². The van der Waals surface area contributed by atoms with Gasteiger partial charge in [0.25, 0.3) is 0 Å². The number of hydrogen-bond acceptors (Lipinski definition) is 3. The molecule has 1 heterocycles. The van der Waals surface area contributed by atoms with Crippen LogP contribution in [0.15, 0.2) is 36.9 Å². The number of nitrogens with one attached hydrogen (secondary N) is 1. The van der Waals surface area contributed by atoms with Gasteiger partial charge in [-0.3, -0.25) is 0 Å². The summed E-state index contributed by atoms with van der Waals surface area (Å²) in [6, 6.07) is 5.19. The number of halogens is 1. The second-order valence-electron chi connectivity index (χ2n) is 3.71. The minimum atomic E-state index is -0.202. The van der Waals surface area contributed by atoms with Crippen LogP contribution in [0.25, 0.3) is 11.1 Å². The molecule has 0 bridgehead atoms. The summed E-state index contributed by atoms with van der Waals surface area (Å²) in [4.78, 5) is 7.83. The van der Waals surface area contributed by atoms with Gasteiger partial charge < -0.3 is 5.32 Å². The first kappa shape index (κ1) is 11.7. The van der Waals surface area contributed by atoms with Crippen molar-refractivity contribution in [2.75, 3.05) is 6.54 Å². The van der Waals surface area contributed by atoms with Crippen LogP contribution in [0, 0.1) is 5.82 Å². The van der Waals surface area contributed by atoms with Gasteiger partial charge in [0.05, 0.1) is 0 Å². The first-order chi connectivity index (χ1) is 8.31. The summed E-state index contributed by atoms with van der Waals surface area (Å²) in [5, 5.41) is 3.10. The molecule has 0 aliphatic heterocycles. The Kier molecular flexibility index (Phi) is 3.77. The lowest BCUT2D eigenvalue weighted by Crippen LogP contribution is -2.12.